The number of benzene rings is 1. The summed E-state index contributed by atoms with van der Waals surface area (Å²) >= 11 is 8.24. The minimum Gasteiger partial charge on any atom is -0.495 e. The van der Waals surface area contributed by atoms with Gasteiger partial charge < -0.3 is 25.0 Å². The van der Waals surface area contributed by atoms with Gasteiger partial charge in [0, 0.05) is 54.9 Å². The van der Waals surface area contributed by atoms with Crippen molar-refractivity contribution in [3.05, 3.63) is 20.7 Å². The van der Waals surface area contributed by atoms with Crippen LogP contribution in [-0.4, -0.2) is 90.8 Å². The summed E-state index contributed by atoms with van der Waals surface area (Å²) < 4.78 is 6.20. The fourth-order valence-electron chi connectivity index (χ4n) is 3.30. The molecule has 0 radical (unpaired) electrons. The Morgan fingerprint density at radius 2 is 1.93 bits per heavy atom. The summed E-state index contributed by atoms with van der Waals surface area (Å²) in [6.07, 6.45) is -0.863. The van der Waals surface area contributed by atoms with Gasteiger partial charge in [-0.3, -0.25) is 9.69 Å². The van der Waals surface area contributed by atoms with E-state index < -0.39 is 6.09 Å². The van der Waals surface area contributed by atoms with Gasteiger partial charge in [0.1, 0.15) is 5.75 Å². The van der Waals surface area contributed by atoms with Gasteiger partial charge in [-0.15, -0.1) is 0 Å². The summed E-state index contributed by atoms with van der Waals surface area (Å²) in [5.41, 5.74) is 0.738. The zero-order valence-electron chi connectivity index (χ0n) is 15.0. The average molecular weight is 509 g/mol. The van der Waals surface area contributed by atoms with Gasteiger partial charge in [0.25, 0.3) is 0 Å². The summed E-state index contributed by atoms with van der Waals surface area (Å²) in [6, 6.07) is 3.86. The topological polar surface area (TPSA) is 85.4 Å². The van der Waals surface area contributed by atoms with Gasteiger partial charge in [0.2, 0.25) is 5.91 Å². The number of halogens is 2. The molecule has 2 saturated heterocycles. The summed E-state index contributed by atoms with van der Waals surface area (Å²) in [5, 5.41) is 12.7. The monoisotopic (exact) mass is 508 g/mol. The first-order chi connectivity index (χ1) is 12.9. The number of piperazine rings is 1. The molecule has 0 atom stereocenters. The average Bonchev–Trinajstić information content (AvgIpc) is 2.61. The molecule has 10 heteroatoms. The third kappa shape index (κ3) is 4.69. The van der Waals surface area contributed by atoms with E-state index in [0.29, 0.717) is 37.0 Å². The van der Waals surface area contributed by atoms with Crippen molar-refractivity contribution in [1.29, 1.82) is 0 Å². The highest BCUT2D eigenvalue weighted by Crippen LogP contribution is 2.32. The van der Waals surface area contributed by atoms with E-state index in [4.69, 9.17) is 21.4 Å². The van der Waals surface area contributed by atoms with Crippen LogP contribution in [0.5, 0.6) is 5.75 Å². The molecule has 0 aliphatic carbocycles. The lowest BCUT2D eigenvalue weighted by molar-refractivity contribution is -0.131. The number of amides is 2. The zero-order valence-corrected chi connectivity index (χ0v) is 17.9. The molecule has 2 heterocycles. The first kappa shape index (κ1) is 20.3. The first-order valence-corrected chi connectivity index (χ1v) is 10.1. The van der Waals surface area contributed by atoms with E-state index >= 15 is 0 Å². The van der Waals surface area contributed by atoms with Gasteiger partial charge in [-0.25, -0.2) is 4.79 Å². The van der Waals surface area contributed by atoms with E-state index in [1.54, 1.807) is 13.2 Å². The third-order valence-corrected chi connectivity index (χ3v) is 6.51. The molecule has 1 aromatic carbocycles. The molecule has 2 aliphatic heterocycles. The number of rotatable bonds is 5. The van der Waals surface area contributed by atoms with Crippen LogP contribution in [-0.2, 0) is 4.79 Å². The number of likely N-dealkylation sites (tertiary alicyclic amines) is 1. The van der Waals surface area contributed by atoms with Crippen LogP contribution in [0.15, 0.2) is 12.1 Å². The largest absolute Gasteiger partial charge is 0.495 e. The number of carbonyl (C=O) groups excluding carboxylic acids is 1. The Morgan fingerprint density at radius 1 is 1.26 bits per heavy atom. The normalized spacial score (nSPS) is 18.2. The van der Waals surface area contributed by atoms with Crippen molar-refractivity contribution in [2.45, 2.75) is 6.04 Å². The van der Waals surface area contributed by atoms with E-state index in [1.807, 2.05) is 11.0 Å². The van der Waals surface area contributed by atoms with Crippen LogP contribution < -0.4 is 10.1 Å². The van der Waals surface area contributed by atoms with Crippen LogP contribution in [0.25, 0.3) is 0 Å². The van der Waals surface area contributed by atoms with Crippen LogP contribution in [0.4, 0.5) is 10.5 Å². The van der Waals surface area contributed by atoms with Crippen molar-refractivity contribution in [2.24, 2.45) is 0 Å². The lowest BCUT2D eigenvalue weighted by Gasteiger charge is -2.47. The minimum absolute atomic E-state index is 0.0300. The fourth-order valence-corrected chi connectivity index (χ4v) is 3.92. The second kappa shape index (κ2) is 8.70. The van der Waals surface area contributed by atoms with Crippen molar-refractivity contribution in [1.82, 2.24) is 14.7 Å². The maximum Gasteiger partial charge on any atom is 0.407 e. The Morgan fingerprint density at radius 3 is 2.52 bits per heavy atom. The molecular weight excluding hydrogens is 487 g/mol. The Hall–Kier alpha value is -1.46. The number of hydrogen-bond donors (Lipinski definition) is 2. The Labute approximate surface area is 176 Å². The molecule has 2 aliphatic rings. The number of carbonyl (C=O) groups is 2. The predicted octanol–water partition coefficient (Wildman–Crippen LogP) is 1.87. The predicted molar refractivity (Wildman–Crippen MR) is 111 cm³/mol. The smallest absolute Gasteiger partial charge is 0.407 e. The molecule has 2 fully saturated rings. The van der Waals surface area contributed by atoms with Crippen LogP contribution >= 0.6 is 34.2 Å². The molecule has 3 rings (SSSR count). The van der Waals surface area contributed by atoms with Crippen LogP contribution in [0.3, 0.4) is 0 Å². The SMILES string of the molecule is COc1cc(Cl)c(I)cc1NCC(=O)N1CCN(C2CN(C(=O)O)C2)CC1. The van der Waals surface area contributed by atoms with Gasteiger partial charge in [-0.05, 0) is 28.7 Å². The Bertz CT molecular complexity index is 721. The molecule has 2 N–H and O–H groups in total. The molecule has 1 aromatic rings. The number of nitrogens with one attached hydrogen (secondary N) is 1. The molecule has 0 bridgehead atoms. The van der Waals surface area contributed by atoms with Crippen LogP contribution in [0.1, 0.15) is 0 Å². The zero-order chi connectivity index (χ0) is 19.6. The first-order valence-electron chi connectivity index (χ1n) is 8.65. The number of ether oxygens (including phenoxy) is 1. The fraction of sp³-hybridized carbons (Fsp3) is 0.529. The molecular formula is C17H22ClIN4O4. The minimum atomic E-state index is -0.863. The van der Waals surface area contributed by atoms with Crippen molar-refractivity contribution < 1.29 is 19.4 Å². The van der Waals surface area contributed by atoms with Gasteiger partial charge in [-0.1, -0.05) is 11.6 Å². The van der Waals surface area contributed by atoms with Crippen molar-refractivity contribution in [3.63, 3.8) is 0 Å². The summed E-state index contributed by atoms with van der Waals surface area (Å²) in [6.45, 7) is 4.14. The lowest BCUT2D eigenvalue weighted by atomic mass is 10.1. The van der Waals surface area contributed by atoms with Crippen LogP contribution in [0.2, 0.25) is 5.02 Å². The summed E-state index contributed by atoms with van der Waals surface area (Å²) in [4.78, 5) is 28.9. The van der Waals surface area contributed by atoms with E-state index in [0.717, 1.165) is 22.3 Å². The van der Waals surface area contributed by atoms with Gasteiger partial charge >= 0.3 is 6.09 Å². The van der Waals surface area contributed by atoms with E-state index in [-0.39, 0.29) is 18.5 Å². The molecule has 2 amide bonds. The van der Waals surface area contributed by atoms with E-state index in [1.165, 1.54) is 4.90 Å². The number of hydrogen-bond acceptors (Lipinski definition) is 5. The van der Waals surface area contributed by atoms with Crippen molar-refractivity contribution in [3.8, 4) is 5.75 Å². The second-order valence-corrected chi connectivity index (χ2v) is 8.15. The Balaban J connectivity index is 1.46. The molecule has 0 spiro atoms. The quantitative estimate of drug-likeness (QED) is 0.591. The number of anilines is 1. The molecule has 0 saturated carbocycles. The summed E-state index contributed by atoms with van der Waals surface area (Å²) in [5.74, 6) is 0.633. The van der Waals surface area contributed by atoms with Gasteiger partial charge in [-0.2, -0.15) is 0 Å². The van der Waals surface area contributed by atoms with E-state index in [9.17, 15) is 9.59 Å². The highest BCUT2D eigenvalue weighted by Gasteiger charge is 2.36. The molecule has 8 nitrogen and oxygen atoms in total. The second-order valence-electron chi connectivity index (χ2n) is 6.58. The van der Waals surface area contributed by atoms with Gasteiger partial charge in [0.15, 0.2) is 0 Å². The highest BCUT2D eigenvalue weighted by atomic mass is 127. The number of methoxy groups -OCH3 is 1. The number of carboxylic acid groups (broad SMARTS) is 1. The molecule has 27 heavy (non-hydrogen) atoms. The van der Waals surface area contributed by atoms with Gasteiger partial charge in [0.05, 0.1) is 24.4 Å². The lowest BCUT2D eigenvalue weighted by Crippen LogP contribution is -2.64. The van der Waals surface area contributed by atoms with Crippen molar-refractivity contribution >= 4 is 51.9 Å². The third-order valence-electron chi connectivity index (χ3n) is 4.99. The summed E-state index contributed by atoms with van der Waals surface area (Å²) in [7, 11) is 1.57. The van der Waals surface area contributed by atoms with E-state index in [2.05, 4.69) is 32.8 Å². The van der Waals surface area contributed by atoms with Crippen molar-refractivity contribution in [2.75, 3.05) is 58.2 Å². The molecule has 148 valence electrons. The van der Waals surface area contributed by atoms with Crippen LogP contribution in [0, 0.1) is 3.57 Å². The Kier molecular flexibility index (Phi) is 6.53. The maximum absolute atomic E-state index is 12.5. The highest BCUT2D eigenvalue weighted by molar-refractivity contribution is 14.1. The molecule has 0 unspecified atom stereocenters. The standard InChI is InChI=1S/C17H22ClIN4O4/c1-27-15-6-12(18)13(19)7-14(15)20-8-16(24)22-4-2-21(3-5-22)11-9-23(10-11)17(25)26/h6-7,11,20H,2-5,8-10H2,1H3,(H,25,26). The number of nitrogens with zero attached hydrogens (tertiary/aromatic N) is 3. The maximum atomic E-state index is 12.5. The molecule has 0 aromatic heterocycles.